The van der Waals surface area contributed by atoms with Crippen LogP contribution in [0.25, 0.3) is 11.4 Å². The van der Waals surface area contributed by atoms with Gasteiger partial charge in [0.2, 0.25) is 11.1 Å². The Morgan fingerprint density at radius 3 is 2.95 bits per heavy atom. The molecule has 3 N–H and O–H groups in total. The first kappa shape index (κ1) is 16.5. The number of amides is 1. The van der Waals surface area contributed by atoms with Crippen molar-refractivity contribution in [3.63, 3.8) is 0 Å². The average Bonchev–Trinajstić information content (AvgIpc) is 2.86. The molecule has 0 atom stereocenters. The van der Waals surface area contributed by atoms with Crippen LogP contribution in [-0.4, -0.2) is 33.1 Å². The predicted octanol–water partition coefficient (Wildman–Crippen LogP) is 1.81. The first-order valence-corrected chi connectivity index (χ1v) is 7.76. The van der Waals surface area contributed by atoms with Crippen molar-refractivity contribution in [2.45, 2.75) is 5.16 Å². The van der Waals surface area contributed by atoms with Crippen molar-refractivity contribution < 1.29 is 4.79 Å². The van der Waals surface area contributed by atoms with Crippen LogP contribution < -0.4 is 11.2 Å². The van der Waals surface area contributed by atoms with E-state index in [0.717, 1.165) is 11.8 Å². The highest BCUT2D eigenvalue weighted by molar-refractivity contribution is 7.99. The summed E-state index contributed by atoms with van der Waals surface area (Å²) in [6.45, 7) is 0.179. The quantitative estimate of drug-likeness (QED) is 0.485. The maximum absolute atomic E-state index is 11.5. The zero-order valence-corrected chi connectivity index (χ0v) is 13.5. The Hall–Kier alpha value is -1.88. The van der Waals surface area contributed by atoms with Crippen LogP contribution in [0, 0.1) is 12.3 Å². The maximum atomic E-state index is 11.5. The van der Waals surface area contributed by atoms with Gasteiger partial charge in [-0.25, -0.2) is 4.68 Å². The van der Waals surface area contributed by atoms with Gasteiger partial charge in [-0.05, 0) is 18.2 Å². The number of carbonyl (C=O) groups excluding carboxylic acids is 1. The van der Waals surface area contributed by atoms with Crippen LogP contribution in [0.2, 0.25) is 10.0 Å². The van der Waals surface area contributed by atoms with Crippen LogP contribution in [0.4, 0.5) is 0 Å². The van der Waals surface area contributed by atoms with Gasteiger partial charge in [-0.15, -0.1) is 16.6 Å². The fourth-order valence-corrected chi connectivity index (χ4v) is 2.62. The maximum Gasteiger partial charge on any atom is 0.231 e. The zero-order valence-electron chi connectivity index (χ0n) is 11.2. The highest BCUT2D eigenvalue weighted by atomic mass is 35.5. The van der Waals surface area contributed by atoms with Gasteiger partial charge in [-0.1, -0.05) is 40.9 Å². The van der Waals surface area contributed by atoms with Gasteiger partial charge in [0.25, 0.3) is 0 Å². The Balaban J connectivity index is 2.14. The van der Waals surface area contributed by atoms with Crippen LogP contribution >= 0.6 is 35.0 Å². The summed E-state index contributed by atoms with van der Waals surface area (Å²) in [5.74, 6) is 8.54. The van der Waals surface area contributed by atoms with Crippen LogP contribution in [0.5, 0.6) is 0 Å². The van der Waals surface area contributed by atoms with Crippen molar-refractivity contribution in [2.24, 2.45) is 0 Å². The molecule has 1 aromatic heterocycles. The van der Waals surface area contributed by atoms with Crippen molar-refractivity contribution in [3.05, 3.63) is 28.2 Å². The number of aromatic nitrogens is 3. The molecule has 0 bridgehead atoms. The lowest BCUT2D eigenvalue weighted by Gasteiger charge is -2.05. The van der Waals surface area contributed by atoms with Crippen molar-refractivity contribution in [2.75, 3.05) is 18.1 Å². The molecule has 0 fully saturated rings. The van der Waals surface area contributed by atoms with Crippen molar-refractivity contribution in [3.8, 4) is 23.7 Å². The van der Waals surface area contributed by atoms with Gasteiger partial charge >= 0.3 is 0 Å². The Bertz CT molecular complexity index is 741. The number of terminal acetylenes is 1. The van der Waals surface area contributed by atoms with Gasteiger partial charge in [0.1, 0.15) is 0 Å². The average molecular weight is 356 g/mol. The number of nitrogen functional groups attached to an aromatic ring is 1. The Morgan fingerprint density at radius 1 is 1.45 bits per heavy atom. The Labute approximate surface area is 141 Å². The summed E-state index contributed by atoms with van der Waals surface area (Å²) >= 11 is 13.2. The molecule has 1 heterocycles. The summed E-state index contributed by atoms with van der Waals surface area (Å²) in [6.07, 6.45) is 5.06. The second kappa shape index (κ2) is 7.40. The number of benzene rings is 1. The number of nitrogens with zero attached hydrogens (tertiary/aromatic N) is 3. The summed E-state index contributed by atoms with van der Waals surface area (Å²) in [5.41, 5.74) is 0.563. The molecule has 1 aromatic carbocycles. The van der Waals surface area contributed by atoms with E-state index >= 15 is 0 Å². The smallest absolute Gasteiger partial charge is 0.231 e. The van der Waals surface area contributed by atoms with E-state index in [9.17, 15) is 4.79 Å². The van der Waals surface area contributed by atoms with E-state index in [4.69, 9.17) is 35.5 Å². The number of carbonyl (C=O) groups is 1. The fraction of sp³-hybridized carbons (Fsp3) is 0.154. The third-order valence-corrected chi connectivity index (χ3v) is 4.06. The molecule has 0 aliphatic carbocycles. The number of hydrogen-bond donors (Lipinski definition) is 2. The third kappa shape index (κ3) is 3.85. The molecule has 9 heteroatoms. The first-order valence-electron chi connectivity index (χ1n) is 6.01. The van der Waals surface area contributed by atoms with E-state index in [1.807, 2.05) is 0 Å². The minimum atomic E-state index is -0.215. The molecule has 0 aliphatic rings. The lowest BCUT2D eigenvalue weighted by Crippen LogP contribution is -2.25. The number of hydrogen-bond acceptors (Lipinski definition) is 5. The number of rotatable bonds is 5. The van der Waals surface area contributed by atoms with Gasteiger partial charge in [-0.3, -0.25) is 4.79 Å². The fourth-order valence-electron chi connectivity index (χ4n) is 1.56. The molecule has 22 heavy (non-hydrogen) atoms. The minimum absolute atomic E-state index is 0.125. The normalized spacial score (nSPS) is 10.2. The molecule has 0 saturated carbocycles. The molecule has 2 aromatic rings. The Morgan fingerprint density at radius 2 is 2.23 bits per heavy atom. The van der Waals surface area contributed by atoms with Gasteiger partial charge in [0.15, 0.2) is 5.82 Å². The van der Waals surface area contributed by atoms with Crippen LogP contribution in [0.1, 0.15) is 0 Å². The molecule has 0 radical (unpaired) electrons. The van der Waals surface area contributed by atoms with Crippen molar-refractivity contribution in [1.82, 2.24) is 20.2 Å². The van der Waals surface area contributed by atoms with Crippen LogP contribution in [0.15, 0.2) is 23.4 Å². The molecule has 0 spiro atoms. The van der Waals surface area contributed by atoms with Gasteiger partial charge in [-0.2, -0.15) is 0 Å². The minimum Gasteiger partial charge on any atom is -0.344 e. The monoisotopic (exact) mass is 355 g/mol. The van der Waals surface area contributed by atoms with Crippen molar-refractivity contribution in [1.29, 1.82) is 0 Å². The van der Waals surface area contributed by atoms with Crippen LogP contribution in [-0.2, 0) is 4.79 Å². The van der Waals surface area contributed by atoms with Crippen molar-refractivity contribution >= 4 is 40.9 Å². The zero-order chi connectivity index (χ0) is 16.1. The Kier molecular flexibility index (Phi) is 5.55. The molecule has 114 valence electrons. The largest absolute Gasteiger partial charge is 0.344 e. The molecule has 0 unspecified atom stereocenters. The molecule has 2 rings (SSSR count). The molecular weight excluding hydrogens is 345 g/mol. The van der Waals surface area contributed by atoms with Gasteiger partial charge in [0, 0.05) is 10.6 Å². The molecule has 0 saturated heterocycles. The van der Waals surface area contributed by atoms with Gasteiger partial charge in [0.05, 0.1) is 17.3 Å². The van der Waals surface area contributed by atoms with Gasteiger partial charge < -0.3 is 11.2 Å². The topological polar surface area (TPSA) is 85.8 Å². The second-order valence-corrected chi connectivity index (χ2v) is 5.86. The van der Waals surface area contributed by atoms with E-state index in [2.05, 4.69) is 21.4 Å². The lowest BCUT2D eigenvalue weighted by atomic mass is 10.2. The van der Waals surface area contributed by atoms with E-state index in [-0.39, 0.29) is 18.2 Å². The van der Waals surface area contributed by atoms with E-state index < -0.39 is 0 Å². The number of halogens is 2. The molecule has 0 aliphatic heterocycles. The van der Waals surface area contributed by atoms with E-state index in [1.54, 1.807) is 18.2 Å². The first-order chi connectivity index (χ1) is 10.5. The molecule has 1 amide bonds. The standard InChI is InChI=1S/C13H11Cl2N5OS/c1-2-5-17-11(21)7-22-13-19-18-12(20(13)16)9-6-8(14)3-4-10(9)15/h1,3-4,6H,5,7,16H2,(H,17,21). The summed E-state index contributed by atoms with van der Waals surface area (Å²) in [6, 6.07) is 4.95. The SMILES string of the molecule is C#CCNC(=O)CSc1nnc(-c2cc(Cl)ccc2Cl)n1N. The highest BCUT2D eigenvalue weighted by Gasteiger charge is 2.16. The third-order valence-electron chi connectivity index (χ3n) is 2.55. The van der Waals surface area contributed by atoms with E-state index in [0.29, 0.717) is 26.6 Å². The molecule has 6 nitrogen and oxygen atoms in total. The number of nitrogens with one attached hydrogen (secondary N) is 1. The summed E-state index contributed by atoms with van der Waals surface area (Å²) < 4.78 is 1.26. The van der Waals surface area contributed by atoms with Crippen LogP contribution in [0.3, 0.4) is 0 Å². The second-order valence-electron chi connectivity index (χ2n) is 4.07. The number of thioether (sulfide) groups is 1. The summed E-state index contributed by atoms with van der Waals surface area (Å²) in [7, 11) is 0. The number of nitrogens with two attached hydrogens (primary N) is 1. The lowest BCUT2D eigenvalue weighted by molar-refractivity contribution is -0.118. The predicted molar refractivity (Wildman–Crippen MR) is 88.2 cm³/mol. The highest BCUT2D eigenvalue weighted by Crippen LogP contribution is 2.30. The molecular formula is C13H11Cl2N5OS. The summed E-state index contributed by atoms with van der Waals surface area (Å²) in [5, 5.41) is 11.8. The summed E-state index contributed by atoms with van der Waals surface area (Å²) in [4.78, 5) is 11.5. The van der Waals surface area contributed by atoms with E-state index in [1.165, 1.54) is 4.68 Å².